The molecule has 0 aromatic heterocycles. The van der Waals surface area contributed by atoms with E-state index in [0.717, 1.165) is 64.2 Å². The third-order valence-electron chi connectivity index (χ3n) is 10.2. The molecule has 1 aliphatic carbocycles. The number of phosphoric ester groups is 1. The van der Waals surface area contributed by atoms with Crippen LogP contribution in [0.25, 0.3) is 0 Å². The first-order valence-electron chi connectivity index (χ1n) is 22.6. The quantitative estimate of drug-likeness (QED) is 0.0115. The van der Waals surface area contributed by atoms with Gasteiger partial charge in [0.15, 0.2) is 6.10 Å². The molecule has 0 spiro atoms. The van der Waals surface area contributed by atoms with Crippen LogP contribution < -0.4 is 0 Å². The molecular formula is C46H79O13P. The number of unbranched alkanes of at least 4 members (excludes halogenated alkanes) is 17. The van der Waals surface area contributed by atoms with Gasteiger partial charge in [-0.1, -0.05) is 152 Å². The molecule has 14 heteroatoms. The molecule has 60 heavy (non-hydrogen) atoms. The lowest BCUT2D eigenvalue weighted by atomic mass is 9.85. The molecule has 0 amide bonds. The Balaban J connectivity index is 2.48. The van der Waals surface area contributed by atoms with Crippen LogP contribution in [0.15, 0.2) is 60.8 Å². The molecule has 0 aromatic rings. The van der Waals surface area contributed by atoms with Gasteiger partial charge < -0.3 is 39.9 Å². The average molecular weight is 871 g/mol. The summed E-state index contributed by atoms with van der Waals surface area (Å²) in [5.41, 5.74) is 0. The summed E-state index contributed by atoms with van der Waals surface area (Å²) >= 11 is 0. The van der Waals surface area contributed by atoms with Crippen LogP contribution in [-0.4, -0.2) is 98.3 Å². The van der Waals surface area contributed by atoms with Gasteiger partial charge in [0, 0.05) is 12.8 Å². The summed E-state index contributed by atoms with van der Waals surface area (Å²) in [5, 5.41) is 50.1. The molecule has 0 aliphatic heterocycles. The number of rotatable bonds is 36. The van der Waals surface area contributed by atoms with Crippen LogP contribution in [0.1, 0.15) is 162 Å². The summed E-state index contributed by atoms with van der Waals surface area (Å²) in [5.74, 6) is -1.16. The average Bonchev–Trinajstić information content (AvgIpc) is 3.23. The Hall–Kier alpha value is -2.45. The standard InChI is InChI=1S/C46H79O13P/c1-3-5-7-9-11-13-15-17-18-19-20-21-23-24-26-28-30-32-34-39(47)56-36-38(37-57-60(54,55)59-46-44(52)42(50)41(49)43(51)45(46)53)58-40(48)35-33-31-29-27-25-22-16-14-12-10-8-6-4-2/h6,8,10,12,14,16,20-22,25,38,41-46,49-53H,3-5,7,9,11,13,15,17-19,23-24,26-37H2,1-2H3,(H,54,55)/b8-6+,12-10+,16-14+,21-20+,25-22+/t38?,41?,42-,43?,44?,45?,46?/m0/s1. The number of aliphatic hydroxyl groups is 5. The van der Waals surface area contributed by atoms with E-state index in [1.807, 2.05) is 42.5 Å². The summed E-state index contributed by atoms with van der Waals surface area (Å²) in [6.07, 6.45) is 30.0. The Morgan fingerprint density at radius 2 is 0.967 bits per heavy atom. The van der Waals surface area contributed by atoms with Gasteiger partial charge in [0.1, 0.15) is 43.2 Å². The van der Waals surface area contributed by atoms with Crippen LogP contribution in [-0.2, 0) is 32.7 Å². The molecule has 0 heterocycles. The molecule has 0 bridgehead atoms. The van der Waals surface area contributed by atoms with E-state index in [0.29, 0.717) is 12.8 Å². The normalized spacial score (nSPS) is 22.7. The molecule has 7 unspecified atom stereocenters. The number of carbonyl (C=O) groups excluding carboxylic acids is 2. The summed E-state index contributed by atoms with van der Waals surface area (Å²) in [7, 11) is -5.13. The van der Waals surface area contributed by atoms with Crippen LogP contribution >= 0.6 is 7.82 Å². The fourth-order valence-electron chi connectivity index (χ4n) is 6.53. The number of esters is 2. The predicted molar refractivity (Wildman–Crippen MR) is 235 cm³/mol. The highest BCUT2D eigenvalue weighted by Crippen LogP contribution is 2.47. The van der Waals surface area contributed by atoms with Crippen LogP contribution in [0.4, 0.5) is 0 Å². The Labute approximate surface area is 360 Å². The largest absolute Gasteiger partial charge is 0.472 e. The Kier molecular flexibility index (Phi) is 33.4. The fraction of sp³-hybridized carbons (Fsp3) is 0.739. The predicted octanol–water partition coefficient (Wildman–Crippen LogP) is 8.55. The highest BCUT2D eigenvalue weighted by molar-refractivity contribution is 7.47. The van der Waals surface area contributed by atoms with Gasteiger partial charge in [-0.15, -0.1) is 0 Å². The Morgan fingerprint density at radius 1 is 0.533 bits per heavy atom. The second kappa shape index (κ2) is 36.1. The van der Waals surface area contributed by atoms with Gasteiger partial charge in [0.05, 0.1) is 6.61 Å². The van der Waals surface area contributed by atoms with Gasteiger partial charge in [-0.05, 0) is 57.8 Å². The maximum atomic E-state index is 12.8. The molecule has 1 rings (SSSR count). The van der Waals surface area contributed by atoms with Crippen molar-refractivity contribution >= 4 is 19.8 Å². The second-order valence-corrected chi connectivity index (χ2v) is 17.0. The lowest BCUT2D eigenvalue weighted by Gasteiger charge is -2.41. The SMILES string of the molecule is CC/C=C/C=C/C=C/C=C/CCCCCC(=O)OC(COC(=O)CCCCCCC/C=C/CCCCCCCCCCC)COP(=O)(O)OC1C(O)C(O)C(O)[C@H](O)C1O. The van der Waals surface area contributed by atoms with Gasteiger partial charge >= 0.3 is 19.8 Å². The molecule has 1 fully saturated rings. The van der Waals surface area contributed by atoms with E-state index in [9.17, 15) is 44.6 Å². The number of hydrogen-bond donors (Lipinski definition) is 6. The zero-order chi connectivity index (χ0) is 44.3. The molecule has 346 valence electrons. The zero-order valence-electron chi connectivity index (χ0n) is 36.5. The van der Waals surface area contributed by atoms with Crippen LogP contribution in [0.2, 0.25) is 0 Å². The molecule has 13 nitrogen and oxygen atoms in total. The Bertz CT molecular complexity index is 1280. The van der Waals surface area contributed by atoms with E-state index in [1.54, 1.807) is 0 Å². The maximum Gasteiger partial charge on any atom is 0.472 e. The third kappa shape index (κ3) is 28.2. The number of phosphoric acid groups is 1. The number of hydrogen-bond acceptors (Lipinski definition) is 12. The first-order chi connectivity index (χ1) is 28.9. The minimum atomic E-state index is -5.13. The highest BCUT2D eigenvalue weighted by atomic mass is 31.2. The van der Waals surface area contributed by atoms with Crippen LogP contribution in [0, 0.1) is 0 Å². The molecule has 0 aromatic carbocycles. The number of carbonyl (C=O) groups is 2. The molecular weight excluding hydrogens is 791 g/mol. The fourth-order valence-corrected chi connectivity index (χ4v) is 7.50. The van der Waals surface area contributed by atoms with Gasteiger partial charge in [-0.3, -0.25) is 18.6 Å². The first kappa shape index (κ1) is 55.6. The molecule has 0 saturated heterocycles. The van der Waals surface area contributed by atoms with E-state index >= 15 is 0 Å². The monoisotopic (exact) mass is 871 g/mol. The number of ether oxygens (including phenoxy) is 2. The first-order valence-corrected chi connectivity index (χ1v) is 24.1. The van der Waals surface area contributed by atoms with Gasteiger partial charge in [0.25, 0.3) is 0 Å². The Morgan fingerprint density at radius 3 is 1.52 bits per heavy atom. The van der Waals surface area contributed by atoms with Gasteiger partial charge in [-0.25, -0.2) is 4.57 Å². The molecule has 6 N–H and O–H groups in total. The number of allylic oxidation sites excluding steroid dienone is 10. The van der Waals surface area contributed by atoms with E-state index in [2.05, 4.69) is 32.1 Å². The highest BCUT2D eigenvalue weighted by Gasteiger charge is 2.51. The maximum absolute atomic E-state index is 12.8. The van der Waals surface area contributed by atoms with Crippen molar-refractivity contribution in [2.45, 2.75) is 204 Å². The summed E-state index contributed by atoms with van der Waals surface area (Å²) in [4.78, 5) is 35.6. The minimum Gasteiger partial charge on any atom is -0.462 e. The van der Waals surface area contributed by atoms with Gasteiger partial charge in [-0.2, -0.15) is 0 Å². The van der Waals surface area contributed by atoms with E-state index in [4.69, 9.17) is 18.5 Å². The molecule has 1 aliphatic rings. The summed E-state index contributed by atoms with van der Waals surface area (Å²) < 4.78 is 33.4. The smallest absolute Gasteiger partial charge is 0.462 e. The minimum absolute atomic E-state index is 0.0467. The van der Waals surface area contributed by atoms with E-state index in [-0.39, 0.29) is 12.8 Å². The van der Waals surface area contributed by atoms with Crippen LogP contribution in [0.3, 0.4) is 0 Å². The van der Waals surface area contributed by atoms with Crippen molar-refractivity contribution in [2.24, 2.45) is 0 Å². The zero-order valence-corrected chi connectivity index (χ0v) is 37.4. The second-order valence-electron chi connectivity index (χ2n) is 15.6. The molecule has 1 saturated carbocycles. The van der Waals surface area contributed by atoms with Crippen molar-refractivity contribution in [2.75, 3.05) is 13.2 Å². The van der Waals surface area contributed by atoms with Crippen molar-refractivity contribution in [3.05, 3.63) is 60.8 Å². The van der Waals surface area contributed by atoms with E-state index in [1.165, 1.54) is 57.8 Å². The van der Waals surface area contributed by atoms with Gasteiger partial charge in [0.2, 0.25) is 0 Å². The van der Waals surface area contributed by atoms with Crippen molar-refractivity contribution in [1.29, 1.82) is 0 Å². The van der Waals surface area contributed by atoms with Crippen molar-refractivity contribution in [1.82, 2.24) is 0 Å². The lowest BCUT2D eigenvalue weighted by Crippen LogP contribution is -2.64. The summed E-state index contributed by atoms with van der Waals surface area (Å²) in [6, 6.07) is 0. The topological polar surface area (TPSA) is 210 Å². The van der Waals surface area contributed by atoms with Crippen molar-refractivity contribution < 1.29 is 63.1 Å². The van der Waals surface area contributed by atoms with Crippen LogP contribution in [0.5, 0.6) is 0 Å². The van der Waals surface area contributed by atoms with Crippen molar-refractivity contribution in [3.8, 4) is 0 Å². The summed E-state index contributed by atoms with van der Waals surface area (Å²) in [6.45, 7) is 3.11. The third-order valence-corrected chi connectivity index (χ3v) is 11.2. The van der Waals surface area contributed by atoms with Crippen molar-refractivity contribution in [3.63, 3.8) is 0 Å². The molecule has 0 radical (unpaired) electrons. The lowest BCUT2D eigenvalue weighted by molar-refractivity contribution is -0.220. The molecule has 8 atom stereocenters. The number of aliphatic hydroxyl groups excluding tert-OH is 5. The van der Waals surface area contributed by atoms with E-state index < -0.39 is 75.7 Å².